The molecule has 7 heteroatoms. The molecule has 2 N–H and O–H groups in total. The lowest BCUT2D eigenvalue weighted by Crippen LogP contribution is -2.12. The molecule has 1 aromatic rings. The Bertz CT molecular complexity index is 432. The summed E-state index contributed by atoms with van der Waals surface area (Å²) in [7, 11) is -3.30. The third-order valence-corrected chi connectivity index (χ3v) is 4.99. The molecule has 0 aliphatic heterocycles. The smallest absolute Gasteiger partial charge is 0.322 e. The summed E-state index contributed by atoms with van der Waals surface area (Å²) < 4.78 is 25.2. The topological polar surface area (TPSA) is 57.5 Å². The third kappa shape index (κ3) is 4.11. The second kappa shape index (κ2) is 6.40. The van der Waals surface area contributed by atoms with E-state index in [0.717, 1.165) is 5.56 Å². The maximum atomic E-state index is 13.9. The molecule has 1 rings (SSSR count). The van der Waals surface area contributed by atoms with Gasteiger partial charge in [0.15, 0.2) is 0 Å². The van der Waals surface area contributed by atoms with E-state index >= 15 is 0 Å². The van der Waals surface area contributed by atoms with Gasteiger partial charge in [-0.05, 0) is 18.6 Å². The van der Waals surface area contributed by atoms with Crippen LogP contribution in [-0.4, -0.2) is 9.79 Å². The van der Waals surface area contributed by atoms with E-state index in [-0.39, 0.29) is 5.56 Å². The molecule has 0 radical (unpaired) electrons. The van der Waals surface area contributed by atoms with Gasteiger partial charge in [0.1, 0.15) is 0 Å². The van der Waals surface area contributed by atoms with Crippen molar-refractivity contribution in [1.82, 2.24) is 0 Å². The Hall–Kier alpha value is 0.210. The van der Waals surface area contributed by atoms with E-state index in [0.29, 0.717) is 4.47 Å². The molecular formula is C10H16BrFO3P2. The van der Waals surface area contributed by atoms with Crippen LogP contribution in [0.1, 0.15) is 25.0 Å². The van der Waals surface area contributed by atoms with Crippen molar-refractivity contribution in [3.05, 3.63) is 33.8 Å². The first-order valence-electron chi connectivity index (χ1n) is 4.96. The number of hydrogen-bond donors (Lipinski definition) is 2. The summed E-state index contributed by atoms with van der Waals surface area (Å²) in [5.41, 5.74) is 0.795. The van der Waals surface area contributed by atoms with Crippen molar-refractivity contribution in [3.63, 3.8) is 0 Å². The predicted molar refractivity (Wildman–Crippen MR) is 74.8 cm³/mol. The molecule has 0 spiro atoms. The molecule has 2 atom stereocenters. The summed E-state index contributed by atoms with van der Waals surface area (Å²) in [4.78, 5) is 17.8. The van der Waals surface area contributed by atoms with Crippen molar-refractivity contribution >= 4 is 32.8 Å². The van der Waals surface area contributed by atoms with Crippen molar-refractivity contribution < 1.29 is 18.7 Å². The van der Waals surface area contributed by atoms with Crippen molar-refractivity contribution in [2.75, 3.05) is 0 Å². The number of halogens is 2. The summed E-state index contributed by atoms with van der Waals surface area (Å²) in [6, 6.07) is 4.54. The van der Waals surface area contributed by atoms with Gasteiger partial charge in [0.25, 0.3) is 0 Å². The maximum Gasteiger partial charge on any atom is 0.370 e. The maximum absolute atomic E-state index is 13.9. The lowest BCUT2D eigenvalue weighted by Gasteiger charge is -2.23. The lowest BCUT2D eigenvalue weighted by molar-refractivity contribution is 0.280. The quantitative estimate of drug-likeness (QED) is 0.799. The van der Waals surface area contributed by atoms with E-state index in [1.54, 1.807) is 28.3 Å². The highest BCUT2D eigenvalue weighted by atomic mass is 79.9. The summed E-state index contributed by atoms with van der Waals surface area (Å²) in [5.74, 6) is 0. The fourth-order valence-electron chi connectivity index (χ4n) is 1.06. The molecule has 3 nitrogen and oxygen atoms in total. The van der Waals surface area contributed by atoms with Gasteiger partial charge in [0.05, 0.1) is 0 Å². The van der Waals surface area contributed by atoms with Gasteiger partial charge in [-0.1, -0.05) is 51.1 Å². The van der Waals surface area contributed by atoms with Crippen LogP contribution in [-0.2, 0) is 9.72 Å². The van der Waals surface area contributed by atoms with Gasteiger partial charge in [0.2, 0.25) is 5.15 Å². The van der Waals surface area contributed by atoms with Crippen LogP contribution in [0.3, 0.4) is 0 Å². The molecule has 0 heterocycles. The zero-order chi connectivity index (χ0) is 13.9. The second-order valence-corrected chi connectivity index (χ2v) is 7.08. The fraction of sp³-hybridized carbons (Fsp3) is 0.400. The van der Waals surface area contributed by atoms with E-state index in [2.05, 4.69) is 15.9 Å². The minimum atomic E-state index is -4.87. The van der Waals surface area contributed by atoms with Crippen LogP contribution in [0.4, 0.5) is 4.39 Å². The zero-order valence-electron chi connectivity index (χ0n) is 9.82. The van der Waals surface area contributed by atoms with E-state index in [1.807, 2.05) is 13.8 Å². The standard InChI is InChI=1S/C8H10BrFO3P2.C2H6/c1-5-2-3-6(7(9)4-5)8(10,14)15(11,12)13;1-2/h2-4H,14H2,1H3,(H2,11,12,13);1-2H3. The van der Waals surface area contributed by atoms with Gasteiger partial charge in [-0.3, -0.25) is 4.57 Å². The number of benzene rings is 1. The van der Waals surface area contributed by atoms with Crippen molar-refractivity contribution in [3.8, 4) is 0 Å². The summed E-state index contributed by atoms with van der Waals surface area (Å²) in [5, 5.41) is -2.75. The Balaban J connectivity index is 0.00000121. The van der Waals surface area contributed by atoms with E-state index in [4.69, 9.17) is 9.79 Å². The van der Waals surface area contributed by atoms with E-state index in [9.17, 15) is 8.96 Å². The first kappa shape index (κ1) is 17.2. The Morgan fingerprint density at radius 2 is 1.88 bits per heavy atom. The molecule has 17 heavy (non-hydrogen) atoms. The Morgan fingerprint density at radius 3 is 2.24 bits per heavy atom. The first-order chi connectivity index (χ1) is 7.66. The molecule has 0 aliphatic carbocycles. The van der Waals surface area contributed by atoms with Crippen LogP contribution < -0.4 is 0 Å². The molecule has 98 valence electrons. The number of rotatable bonds is 2. The summed E-state index contributed by atoms with van der Waals surface area (Å²) in [6.45, 7) is 5.80. The molecule has 1 aromatic carbocycles. The van der Waals surface area contributed by atoms with Gasteiger partial charge in [0, 0.05) is 10.0 Å². The molecule has 0 aliphatic rings. The van der Waals surface area contributed by atoms with Gasteiger partial charge in [-0.2, -0.15) is 0 Å². The van der Waals surface area contributed by atoms with E-state index < -0.39 is 12.7 Å². The molecule has 0 bridgehead atoms. The number of aryl methyl sites for hydroxylation is 1. The van der Waals surface area contributed by atoms with Crippen LogP contribution >= 0.6 is 32.8 Å². The molecule has 0 fully saturated rings. The monoisotopic (exact) mass is 344 g/mol. The lowest BCUT2D eigenvalue weighted by atomic mass is 10.2. The molecule has 0 saturated carbocycles. The minimum Gasteiger partial charge on any atom is -0.322 e. The average Bonchev–Trinajstić information content (AvgIpc) is 2.18. The summed E-state index contributed by atoms with van der Waals surface area (Å²) in [6.07, 6.45) is 0. The van der Waals surface area contributed by atoms with Crippen molar-refractivity contribution in [2.24, 2.45) is 0 Å². The Labute approximate surface area is 111 Å². The van der Waals surface area contributed by atoms with Crippen LogP contribution in [0.25, 0.3) is 0 Å². The van der Waals surface area contributed by atoms with Gasteiger partial charge in [-0.15, -0.1) is 0 Å². The average molecular weight is 345 g/mol. The van der Waals surface area contributed by atoms with Crippen LogP contribution in [0.15, 0.2) is 22.7 Å². The van der Waals surface area contributed by atoms with Crippen LogP contribution in [0.2, 0.25) is 0 Å². The fourth-order valence-corrected chi connectivity index (χ4v) is 2.97. The molecular weight excluding hydrogens is 329 g/mol. The second-order valence-electron chi connectivity index (χ2n) is 3.20. The molecule has 0 aromatic heterocycles. The van der Waals surface area contributed by atoms with Gasteiger partial charge >= 0.3 is 7.60 Å². The SMILES string of the molecule is CC.Cc1ccc(C(F)(P)P(=O)(O)O)c(Br)c1. The van der Waals surface area contributed by atoms with Crippen molar-refractivity contribution in [2.45, 2.75) is 25.9 Å². The highest BCUT2D eigenvalue weighted by molar-refractivity contribution is 9.10. The molecule has 0 amide bonds. The number of hydrogen-bond acceptors (Lipinski definition) is 1. The third-order valence-electron chi connectivity index (χ3n) is 1.93. The summed E-state index contributed by atoms with van der Waals surface area (Å²) >= 11 is 3.08. The van der Waals surface area contributed by atoms with Crippen LogP contribution in [0.5, 0.6) is 0 Å². The first-order valence-corrected chi connectivity index (χ1v) is 7.94. The highest BCUT2D eigenvalue weighted by Crippen LogP contribution is 2.63. The van der Waals surface area contributed by atoms with E-state index in [1.165, 1.54) is 6.07 Å². The Kier molecular flexibility index (Phi) is 6.48. The molecule has 0 saturated heterocycles. The normalized spacial score (nSPS) is 14.6. The number of alkyl halides is 1. The largest absolute Gasteiger partial charge is 0.370 e. The highest BCUT2D eigenvalue weighted by Gasteiger charge is 2.46. The predicted octanol–water partition coefficient (Wildman–Crippen LogP) is 3.92. The van der Waals surface area contributed by atoms with Gasteiger partial charge < -0.3 is 9.79 Å². The Morgan fingerprint density at radius 1 is 1.41 bits per heavy atom. The zero-order valence-corrected chi connectivity index (χ0v) is 13.5. The van der Waals surface area contributed by atoms with Crippen LogP contribution in [0, 0.1) is 6.92 Å². The van der Waals surface area contributed by atoms with Gasteiger partial charge in [-0.25, -0.2) is 4.39 Å². The molecule has 2 unspecified atom stereocenters. The van der Waals surface area contributed by atoms with Crippen molar-refractivity contribution in [1.29, 1.82) is 0 Å². The minimum absolute atomic E-state index is 0.0774.